The van der Waals surface area contributed by atoms with Crippen LogP contribution in [0.25, 0.3) is 0 Å². The summed E-state index contributed by atoms with van der Waals surface area (Å²) >= 11 is 0. The van der Waals surface area contributed by atoms with Gasteiger partial charge < -0.3 is 4.42 Å². The standard InChI is InChI=1S/C15H12F2O3/c1-8-5-11(9(2)20-8)14(18)7-15(19)12-6-10(16)3-4-13(12)17/h3-6H,7H2,1-2H3. The molecule has 0 amide bonds. The molecule has 5 heteroatoms. The van der Waals surface area contributed by atoms with Crippen molar-refractivity contribution in [2.24, 2.45) is 0 Å². The SMILES string of the molecule is Cc1cc(C(=O)CC(=O)c2cc(F)ccc2F)c(C)o1. The quantitative estimate of drug-likeness (QED) is 0.633. The summed E-state index contributed by atoms with van der Waals surface area (Å²) in [6, 6.07) is 4.09. The molecule has 0 spiro atoms. The van der Waals surface area contributed by atoms with Gasteiger partial charge >= 0.3 is 0 Å². The number of Topliss-reactive ketones (excluding diaryl/α,β-unsaturated/α-hetero) is 2. The first-order valence-electron chi connectivity index (χ1n) is 5.97. The van der Waals surface area contributed by atoms with Crippen LogP contribution in [-0.4, -0.2) is 11.6 Å². The Balaban J connectivity index is 2.21. The Kier molecular flexibility index (Phi) is 3.79. The van der Waals surface area contributed by atoms with Crippen molar-refractivity contribution in [2.75, 3.05) is 0 Å². The predicted octanol–water partition coefficient (Wildman–Crippen LogP) is 3.63. The van der Waals surface area contributed by atoms with Crippen molar-refractivity contribution in [3.8, 4) is 0 Å². The van der Waals surface area contributed by atoms with E-state index in [1.165, 1.54) is 6.07 Å². The Hall–Kier alpha value is -2.30. The zero-order valence-corrected chi connectivity index (χ0v) is 11.0. The summed E-state index contributed by atoms with van der Waals surface area (Å²) in [5.74, 6) is -1.85. The van der Waals surface area contributed by atoms with Crippen LogP contribution in [0.3, 0.4) is 0 Å². The molecule has 0 aliphatic heterocycles. The first-order valence-corrected chi connectivity index (χ1v) is 5.97. The summed E-state index contributed by atoms with van der Waals surface area (Å²) in [5, 5.41) is 0. The highest BCUT2D eigenvalue weighted by Crippen LogP contribution is 2.18. The summed E-state index contributed by atoms with van der Waals surface area (Å²) in [5.41, 5.74) is -0.135. The lowest BCUT2D eigenvalue weighted by molar-refractivity contribution is 0.0891. The van der Waals surface area contributed by atoms with Gasteiger partial charge in [0.15, 0.2) is 11.6 Å². The molecule has 104 valence electrons. The van der Waals surface area contributed by atoms with Crippen LogP contribution in [0.1, 0.15) is 38.7 Å². The van der Waals surface area contributed by atoms with Gasteiger partial charge in [-0.05, 0) is 38.1 Å². The summed E-state index contributed by atoms with van der Waals surface area (Å²) in [6.07, 6.45) is -0.528. The van der Waals surface area contributed by atoms with Gasteiger partial charge in [0.1, 0.15) is 23.2 Å². The van der Waals surface area contributed by atoms with E-state index in [-0.39, 0.29) is 5.56 Å². The topological polar surface area (TPSA) is 47.3 Å². The van der Waals surface area contributed by atoms with E-state index in [4.69, 9.17) is 4.42 Å². The molecule has 0 aliphatic carbocycles. The lowest BCUT2D eigenvalue weighted by Gasteiger charge is -2.02. The second-order valence-electron chi connectivity index (χ2n) is 4.47. The molecule has 1 heterocycles. The number of aryl methyl sites for hydroxylation is 2. The van der Waals surface area contributed by atoms with Gasteiger partial charge in [-0.2, -0.15) is 0 Å². The van der Waals surface area contributed by atoms with Crippen LogP contribution < -0.4 is 0 Å². The number of rotatable bonds is 4. The van der Waals surface area contributed by atoms with Crippen LogP contribution in [0.2, 0.25) is 0 Å². The van der Waals surface area contributed by atoms with Gasteiger partial charge in [-0.25, -0.2) is 8.78 Å². The number of hydrogen-bond donors (Lipinski definition) is 0. The Morgan fingerprint density at radius 1 is 1.05 bits per heavy atom. The molecule has 0 unspecified atom stereocenters. The summed E-state index contributed by atoms with van der Waals surface area (Å²) < 4.78 is 31.7. The van der Waals surface area contributed by atoms with Crippen LogP contribution in [-0.2, 0) is 0 Å². The molecule has 2 aromatic rings. The van der Waals surface area contributed by atoms with E-state index in [1.807, 2.05) is 0 Å². The van der Waals surface area contributed by atoms with E-state index in [0.29, 0.717) is 11.5 Å². The minimum atomic E-state index is -0.843. The summed E-state index contributed by atoms with van der Waals surface area (Å²) in [7, 11) is 0. The molecule has 0 radical (unpaired) electrons. The minimum absolute atomic E-state index is 0.285. The van der Waals surface area contributed by atoms with Crippen LogP contribution in [0.15, 0.2) is 28.7 Å². The molecular weight excluding hydrogens is 266 g/mol. The monoisotopic (exact) mass is 278 g/mol. The van der Waals surface area contributed by atoms with Crippen molar-refractivity contribution in [3.63, 3.8) is 0 Å². The van der Waals surface area contributed by atoms with Crippen molar-refractivity contribution in [1.29, 1.82) is 0 Å². The van der Waals surface area contributed by atoms with Crippen LogP contribution in [0.4, 0.5) is 8.78 Å². The molecule has 2 rings (SSSR count). The van der Waals surface area contributed by atoms with E-state index in [9.17, 15) is 18.4 Å². The molecule has 0 N–H and O–H groups in total. The van der Waals surface area contributed by atoms with Crippen molar-refractivity contribution in [3.05, 3.63) is 58.5 Å². The van der Waals surface area contributed by atoms with Gasteiger partial charge in [-0.15, -0.1) is 0 Å². The third kappa shape index (κ3) is 2.82. The highest BCUT2D eigenvalue weighted by molar-refractivity contribution is 6.13. The van der Waals surface area contributed by atoms with Crippen molar-refractivity contribution < 1.29 is 22.8 Å². The molecule has 0 fully saturated rings. The third-order valence-electron chi connectivity index (χ3n) is 2.89. The molecule has 0 aliphatic rings. The summed E-state index contributed by atoms with van der Waals surface area (Å²) in [6.45, 7) is 3.28. The minimum Gasteiger partial charge on any atom is -0.466 e. The average Bonchev–Trinajstić information content (AvgIpc) is 2.71. The zero-order valence-electron chi connectivity index (χ0n) is 11.0. The van der Waals surface area contributed by atoms with E-state index in [0.717, 1.165) is 18.2 Å². The molecule has 0 saturated carbocycles. The molecule has 3 nitrogen and oxygen atoms in total. The number of hydrogen-bond acceptors (Lipinski definition) is 3. The lowest BCUT2D eigenvalue weighted by atomic mass is 10.0. The fourth-order valence-electron chi connectivity index (χ4n) is 1.96. The molecule has 0 saturated heterocycles. The van der Waals surface area contributed by atoms with Gasteiger partial charge in [0.05, 0.1) is 17.5 Å². The fourth-order valence-corrected chi connectivity index (χ4v) is 1.96. The molecule has 0 atom stereocenters. The fraction of sp³-hybridized carbons (Fsp3) is 0.200. The maximum absolute atomic E-state index is 13.4. The number of carbonyl (C=O) groups is 2. The number of halogens is 2. The summed E-state index contributed by atoms with van der Waals surface area (Å²) in [4.78, 5) is 23.8. The van der Waals surface area contributed by atoms with Crippen LogP contribution in [0, 0.1) is 25.5 Å². The largest absolute Gasteiger partial charge is 0.466 e. The predicted molar refractivity (Wildman–Crippen MR) is 67.8 cm³/mol. The lowest BCUT2D eigenvalue weighted by Crippen LogP contribution is -2.10. The Bertz CT molecular complexity index is 686. The van der Waals surface area contributed by atoms with Gasteiger partial charge in [0.2, 0.25) is 0 Å². The molecule has 1 aromatic heterocycles. The maximum atomic E-state index is 13.4. The highest BCUT2D eigenvalue weighted by atomic mass is 19.1. The first-order chi connectivity index (χ1) is 9.38. The second-order valence-corrected chi connectivity index (χ2v) is 4.47. The second kappa shape index (κ2) is 5.36. The van der Waals surface area contributed by atoms with Gasteiger partial charge in [-0.3, -0.25) is 9.59 Å². The van der Waals surface area contributed by atoms with Crippen LogP contribution in [0.5, 0.6) is 0 Å². The molecular formula is C15H12F2O3. The molecule has 1 aromatic carbocycles. The molecule has 20 heavy (non-hydrogen) atoms. The number of benzene rings is 1. The van der Waals surface area contributed by atoms with E-state index in [2.05, 4.69) is 0 Å². The van der Waals surface area contributed by atoms with E-state index >= 15 is 0 Å². The van der Waals surface area contributed by atoms with Crippen LogP contribution >= 0.6 is 0 Å². The number of ketones is 2. The molecule has 0 bridgehead atoms. The smallest absolute Gasteiger partial charge is 0.174 e. The number of carbonyl (C=O) groups excluding carboxylic acids is 2. The first kappa shape index (κ1) is 14.1. The Morgan fingerprint density at radius 3 is 2.30 bits per heavy atom. The normalized spacial score (nSPS) is 10.6. The van der Waals surface area contributed by atoms with Gasteiger partial charge in [-0.1, -0.05) is 0 Å². The van der Waals surface area contributed by atoms with E-state index in [1.54, 1.807) is 13.8 Å². The third-order valence-corrected chi connectivity index (χ3v) is 2.89. The van der Waals surface area contributed by atoms with Crippen molar-refractivity contribution >= 4 is 11.6 Å². The maximum Gasteiger partial charge on any atom is 0.174 e. The zero-order chi connectivity index (χ0) is 14.9. The Labute approximate surface area is 114 Å². The average molecular weight is 278 g/mol. The van der Waals surface area contributed by atoms with Crippen molar-refractivity contribution in [2.45, 2.75) is 20.3 Å². The number of furan rings is 1. The van der Waals surface area contributed by atoms with Gasteiger partial charge in [0, 0.05) is 0 Å². The van der Waals surface area contributed by atoms with E-state index < -0.39 is 35.2 Å². The highest BCUT2D eigenvalue weighted by Gasteiger charge is 2.20. The Morgan fingerprint density at radius 2 is 1.70 bits per heavy atom. The van der Waals surface area contributed by atoms with Gasteiger partial charge in [0.25, 0.3) is 0 Å². The van der Waals surface area contributed by atoms with Crippen molar-refractivity contribution in [1.82, 2.24) is 0 Å².